The van der Waals surface area contributed by atoms with Gasteiger partial charge in [-0.25, -0.2) is 4.98 Å². The number of H-pyrrole nitrogens is 2. The van der Waals surface area contributed by atoms with E-state index in [9.17, 15) is 4.79 Å². The molecule has 0 saturated heterocycles. The van der Waals surface area contributed by atoms with Crippen LogP contribution in [-0.2, 0) is 0 Å². The van der Waals surface area contributed by atoms with E-state index >= 15 is 0 Å². The second-order valence-electron chi connectivity index (χ2n) is 4.34. The Morgan fingerprint density at radius 2 is 2.16 bits per heavy atom. The summed E-state index contributed by atoms with van der Waals surface area (Å²) in [6.45, 7) is 1.94. The fraction of sp³-hybridized carbons (Fsp3) is 0.154. The Morgan fingerprint density at radius 1 is 1.32 bits per heavy atom. The molecule has 0 bridgehead atoms. The topological polar surface area (TPSA) is 86.5 Å². The summed E-state index contributed by atoms with van der Waals surface area (Å²) >= 11 is 0. The van der Waals surface area contributed by atoms with Crippen molar-refractivity contribution in [1.29, 1.82) is 0 Å². The fourth-order valence-electron chi connectivity index (χ4n) is 2.01. The van der Waals surface area contributed by atoms with Crippen LogP contribution >= 0.6 is 0 Å². The summed E-state index contributed by atoms with van der Waals surface area (Å²) in [7, 11) is 0. The van der Waals surface area contributed by atoms with Gasteiger partial charge in [0, 0.05) is 5.39 Å². The molecule has 1 aromatic carbocycles. The zero-order valence-corrected chi connectivity index (χ0v) is 10.3. The van der Waals surface area contributed by atoms with Crippen LogP contribution in [0.4, 0.5) is 5.82 Å². The maximum atomic E-state index is 11.9. The molecule has 3 rings (SSSR count). The molecule has 19 heavy (non-hydrogen) atoms. The number of benzene rings is 1. The molecule has 3 aromatic rings. The van der Waals surface area contributed by atoms with E-state index in [1.807, 2.05) is 31.2 Å². The summed E-state index contributed by atoms with van der Waals surface area (Å²) < 4.78 is 0. The van der Waals surface area contributed by atoms with Gasteiger partial charge >= 0.3 is 0 Å². The van der Waals surface area contributed by atoms with Crippen molar-refractivity contribution in [3.63, 3.8) is 0 Å². The van der Waals surface area contributed by atoms with Gasteiger partial charge in [-0.2, -0.15) is 5.10 Å². The molecule has 0 spiro atoms. The minimum Gasteiger partial charge on any atom is -0.362 e. The number of rotatable bonds is 3. The van der Waals surface area contributed by atoms with Crippen LogP contribution in [-0.4, -0.2) is 20.2 Å². The third-order valence-electron chi connectivity index (χ3n) is 2.97. The van der Waals surface area contributed by atoms with E-state index in [-0.39, 0.29) is 11.6 Å². The monoisotopic (exact) mass is 255 g/mol. The Kier molecular flexibility index (Phi) is 2.75. The van der Waals surface area contributed by atoms with Crippen LogP contribution in [0.1, 0.15) is 18.8 Å². The molecule has 96 valence electrons. The van der Waals surface area contributed by atoms with Crippen molar-refractivity contribution >= 4 is 16.6 Å². The molecule has 0 fully saturated rings. The molecule has 0 aliphatic heterocycles. The van der Waals surface area contributed by atoms with Gasteiger partial charge in [-0.05, 0) is 24.4 Å². The van der Waals surface area contributed by atoms with Crippen LogP contribution in [0.2, 0.25) is 0 Å². The minimum absolute atomic E-state index is 0.0701. The van der Waals surface area contributed by atoms with Gasteiger partial charge < -0.3 is 10.3 Å². The van der Waals surface area contributed by atoms with Crippen molar-refractivity contribution in [3.8, 4) is 0 Å². The highest BCUT2D eigenvalue weighted by Gasteiger charge is 2.09. The van der Waals surface area contributed by atoms with E-state index < -0.39 is 0 Å². The largest absolute Gasteiger partial charge is 0.362 e. The molecule has 6 nitrogen and oxygen atoms in total. The van der Waals surface area contributed by atoms with Crippen LogP contribution in [0.3, 0.4) is 0 Å². The summed E-state index contributed by atoms with van der Waals surface area (Å²) in [6, 6.07) is 9.31. The number of nitrogens with zero attached hydrogens (tertiary/aromatic N) is 2. The van der Waals surface area contributed by atoms with Gasteiger partial charge in [0.1, 0.15) is 18.0 Å². The molecule has 1 unspecified atom stereocenters. The molecule has 0 amide bonds. The lowest BCUT2D eigenvalue weighted by Gasteiger charge is -2.12. The van der Waals surface area contributed by atoms with Crippen molar-refractivity contribution in [2.75, 3.05) is 5.32 Å². The van der Waals surface area contributed by atoms with E-state index in [0.29, 0.717) is 17.0 Å². The normalized spacial score (nSPS) is 12.5. The highest BCUT2D eigenvalue weighted by Crippen LogP contribution is 2.16. The number of anilines is 1. The van der Waals surface area contributed by atoms with E-state index in [2.05, 4.69) is 25.5 Å². The average molecular weight is 255 g/mol. The first-order valence-corrected chi connectivity index (χ1v) is 5.98. The van der Waals surface area contributed by atoms with E-state index in [1.54, 1.807) is 6.07 Å². The van der Waals surface area contributed by atoms with Crippen molar-refractivity contribution in [2.24, 2.45) is 0 Å². The molecule has 0 saturated carbocycles. The predicted molar refractivity (Wildman–Crippen MR) is 73.0 cm³/mol. The molecule has 0 aliphatic rings. The van der Waals surface area contributed by atoms with Gasteiger partial charge in [-0.3, -0.25) is 9.89 Å². The Morgan fingerprint density at radius 3 is 2.95 bits per heavy atom. The first-order chi connectivity index (χ1) is 9.24. The molecule has 0 radical (unpaired) electrons. The van der Waals surface area contributed by atoms with Crippen LogP contribution < -0.4 is 10.9 Å². The summed E-state index contributed by atoms with van der Waals surface area (Å²) in [6.07, 6.45) is 1.46. The summed E-state index contributed by atoms with van der Waals surface area (Å²) in [5, 5.41) is 11.4. The van der Waals surface area contributed by atoms with Crippen LogP contribution in [0.15, 0.2) is 41.5 Å². The minimum atomic E-state index is -0.106. The van der Waals surface area contributed by atoms with Crippen LogP contribution in [0.5, 0.6) is 0 Å². The standard InChI is InChI=1S/C13H13N5O/c1-8(12-14-7-15-18-12)16-11-6-9-4-2-3-5-10(9)13(19)17-11/h2-8H,1H3,(H,14,15,18)(H2,16,17,19). The third kappa shape index (κ3) is 2.20. The maximum absolute atomic E-state index is 11.9. The van der Waals surface area contributed by atoms with Gasteiger partial charge in [0.05, 0.1) is 6.04 Å². The number of nitrogens with one attached hydrogen (secondary N) is 3. The Hall–Kier alpha value is -2.63. The Labute approximate surface area is 108 Å². The quantitative estimate of drug-likeness (QED) is 0.666. The van der Waals surface area contributed by atoms with Gasteiger partial charge in [0.15, 0.2) is 0 Å². The fourth-order valence-corrected chi connectivity index (χ4v) is 2.01. The molecule has 3 N–H and O–H groups in total. The smallest absolute Gasteiger partial charge is 0.257 e. The predicted octanol–water partition coefficient (Wildman–Crippen LogP) is 1.82. The van der Waals surface area contributed by atoms with Crippen molar-refractivity contribution in [2.45, 2.75) is 13.0 Å². The first-order valence-electron chi connectivity index (χ1n) is 5.98. The summed E-state index contributed by atoms with van der Waals surface area (Å²) in [5.74, 6) is 1.38. The van der Waals surface area contributed by atoms with E-state index in [1.165, 1.54) is 6.33 Å². The van der Waals surface area contributed by atoms with E-state index in [4.69, 9.17) is 0 Å². The highest BCUT2D eigenvalue weighted by molar-refractivity contribution is 5.83. The lowest BCUT2D eigenvalue weighted by Crippen LogP contribution is -2.14. The summed E-state index contributed by atoms with van der Waals surface area (Å²) in [5.41, 5.74) is -0.106. The van der Waals surface area contributed by atoms with Crippen LogP contribution in [0.25, 0.3) is 10.8 Å². The van der Waals surface area contributed by atoms with E-state index in [0.717, 1.165) is 5.39 Å². The molecule has 1 atom stereocenters. The molecule has 6 heteroatoms. The maximum Gasteiger partial charge on any atom is 0.257 e. The van der Waals surface area contributed by atoms with Gasteiger partial charge in [0.2, 0.25) is 0 Å². The second-order valence-corrected chi connectivity index (χ2v) is 4.34. The SMILES string of the molecule is CC(Nc1cc2ccccc2c(=O)[nH]1)c1ncn[nH]1. The van der Waals surface area contributed by atoms with Gasteiger partial charge in [-0.15, -0.1) is 0 Å². The number of aromatic amines is 2. The third-order valence-corrected chi connectivity index (χ3v) is 2.97. The van der Waals surface area contributed by atoms with Crippen molar-refractivity contribution in [3.05, 3.63) is 52.8 Å². The first kappa shape index (κ1) is 11.5. The van der Waals surface area contributed by atoms with Crippen molar-refractivity contribution < 1.29 is 0 Å². The zero-order valence-electron chi connectivity index (χ0n) is 10.3. The number of fused-ring (bicyclic) bond motifs is 1. The van der Waals surface area contributed by atoms with Crippen molar-refractivity contribution in [1.82, 2.24) is 20.2 Å². The molecule has 2 aromatic heterocycles. The number of aromatic nitrogens is 4. The molecule has 2 heterocycles. The lowest BCUT2D eigenvalue weighted by atomic mass is 10.2. The molecular formula is C13H13N5O. The number of hydrogen-bond donors (Lipinski definition) is 3. The Bertz CT molecular complexity index is 747. The highest BCUT2D eigenvalue weighted by atomic mass is 16.1. The number of pyridine rings is 1. The zero-order chi connectivity index (χ0) is 13.2. The number of hydrogen-bond acceptors (Lipinski definition) is 4. The average Bonchev–Trinajstić information content (AvgIpc) is 2.93. The second kappa shape index (κ2) is 4.56. The summed E-state index contributed by atoms with van der Waals surface area (Å²) in [4.78, 5) is 18.8. The molecule has 0 aliphatic carbocycles. The molecular weight excluding hydrogens is 242 g/mol. The van der Waals surface area contributed by atoms with Gasteiger partial charge in [0.25, 0.3) is 5.56 Å². The Balaban J connectivity index is 1.95. The van der Waals surface area contributed by atoms with Gasteiger partial charge in [-0.1, -0.05) is 18.2 Å². The lowest BCUT2D eigenvalue weighted by molar-refractivity contribution is 0.790. The van der Waals surface area contributed by atoms with Crippen LogP contribution in [0, 0.1) is 0 Å².